The molecule has 2 atom stereocenters. The minimum atomic E-state index is 0.0740. The normalized spacial score (nSPS) is 30.2. The minimum absolute atomic E-state index is 0.0740. The van der Waals surface area contributed by atoms with Crippen LogP contribution in [0.25, 0.3) is 0 Å². The molecule has 1 aliphatic carbocycles. The van der Waals surface area contributed by atoms with Crippen molar-refractivity contribution in [1.29, 1.82) is 0 Å². The van der Waals surface area contributed by atoms with Crippen LogP contribution in [0.5, 0.6) is 0 Å². The van der Waals surface area contributed by atoms with Gasteiger partial charge in [-0.1, -0.05) is 5.16 Å². The van der Waals surface area contributed by atoms with Gasteiger partial charge in [-0.05, 0) is 51.6 Å². The van der Waals surface area contributed by atoms with Crippen molar-refractivity contribution >= 4 is 5.91 Å². The van der Waals surface area contributed by atoms with Gasteiger partial charge in [0.25, 0.3) is 5.91 Å². The first-order chi connectivity index (χ1) is 10.2. The molecule has 0 N–H and O–H groups in total. The maximum absolute atomic E-state index is 12.8. The van der Waals surface area contributed by atoms with E-state index in [-0.39, 0.29) is 5.91 Å². The summed E-state index contributed by atoms with van der Waals surface area (Å²) in [6.07, 6.45) is 5.77. The van der Waals surface area contributed by atoms with Gasteiger partial charge in [0.2, 0.25) is 0 Å². The summed E-state index contributed by atoms with van der Waals surface area (Å²) < 4.78 is 5.35. The van der Waals surface area contributed by atoms with Crippen molar-refractivity contribution in [1.82, 2.24) is 15.0 Å². The van der Waals surface area contributed by atoms with Gasteiger partial charge in [0.1, 0.15) is 5.76 Å². The first-order valence-electron chi connectivity index (χ1n) is 8.18. The Morgan fingerprint density at radius 2 is 2.14 bits per heavy atom. The first-order valence-corrected chi connectivity index (χ1v) is 8.18. The number of carbonyl (C=O) groups excluding carboxylic acids is 1. The topological polar surface area (TPSA) is 49.6 Å². The van der Waals surface area contributed by atoms with Gasteiger partial charge in [-0.25, -0.2) is 0 Å². The summed E-state index contributed by atoms with van der Waals surface area (Å²) in [4.78, 5) is 17.2. The van der Waals surface area contributed by atoms with Crippen LogP contribution in [-0.2, 0) is 0 Å². The third-order valence-corrected chi connectivity index (χ3v) is 5.26. The molecule has 3 aliphatic rings. The third kappa shape index (κ3) is 2.48. The highest BCUT2D eigenvalue weighted by Gasteiger charge is 2.38. The van der Waals surface area contributed by atoms with Crippen molar-refractivity contribution < 1.29 is 9.32 Å². The van der Waals surface area contributed by atoms with Crippen molar-refractivity contribution in [2.75, 3.05) is 26.7 Å². The van der Waals surface area contributed by atoms with Crippen LogP contribution >= 0.6 is 0 Å². The fraction of sp³-hybridized carbons (Fsp3) is 0.750. The van der Waals surface area contributed by atoms with Crippen LogP contribution in [-0.4, -0.2) is 53.6 Å². The van der Waals surface area contributed by atoms with Gasteiger partial charge in [-0.2, -0.15) is 0 Å². The Balaban J connectivity index is 1.51. The van der Waals surface area contributed by atoms with E-state index in [1.807, 2.05) is 6.07 Å². The highest BCUT2D eigenvalue weighted by Crippen LogP contribution is 2.40. The van der Waals surface area contributed by atoms with E-state index in [9.17, 15) is 4.79 Å². The second kappa shape index (κ2) is 5.13. The number of nitrogens with zero attached hydrogens (tertiary/aromatic N) is 3. The second-order valence-electron chi connectivity index (χ2n) is 6.91. The molecule has 0 radical (unpaired) electrons. The molecule has 1 aromatic heterocycles. The number of rotatable bonds is 2. The standard InChI is InChI=1S/C16H23N3O2/c1-18-8-6-14-12(10-18)3-2-7-19(14)16(20)13-9-15(21-17-13)11-4-5-11/h9,11-12,14H,2-8,10H2,1H3/t12-,14+/m1/s1. The molecule has 1 amide bonds. The van der Waals surface area contributed by atoms with Crippen molar-refractivity contribution in [3.05, 3.63) is 17.5 Å². The fourth-order valence-electron chi connectivity index (χ4n) is 3.93. The van der Waals surface area contributed by atoms with Crippen LogP contribution in [0.3, 0.4) is 0 Å². The maximum atomic E-state index is 12.8. The molecule has 4 rings (SSSR count). The first kappa shape index (κ1) is 13.3. The van der Waals surface area contributed by atoms with Gasteiger partial charge >= 0.3 is 0 Å². The lowest BCUT2D eigenvalue weighted by molar-refractivity contribution is 0.0246. The van der Waals surface area contributed by atoms with Crippen LogP contribution in [0.15, 0.2) is 10.6 Å². The molecule has 1 saturated carbocycles. The summed E-state index contributed by atoms with van der Waals surface area (Å²) >= 11 is 0. The molecule has 5 heteroatoms. The molecule has 0 unspecified atom stereocenters. The average molecular weight is 289 g/mol. The van der Waals surface area contributed by atoms with E-state index in [0.29, 0.717) is 23.6 Å². The minimum Gasteiger partial charge on any atom is -0.360 e. The number of piperidine rings is 2. The van der Waals surface area contributed by atoms with E-state index in [4.69, 9.17) is 4.52 Å². The smallest absolute Gasteiger partial charge is 0.276 e. The lowest BCUT2D eigenvalue weighted by Crippen LogP contribution is -2.55. The second-order valence-corrected chi connectivity index (χ2v) is 6.91. The molecule has 1 aromatic rings. The Bertz CT molecular complexity index is 537. The number of carbonyl (C=O) groups is 1. The zero-order valence-electron chi connectivity index (χ0n) is 12.6. The molecule has 114 valence electrons. The molecular formula is C16H23N3O2. The molecule has 0 bridgehead atoms. The molecular weight excluding hydrogens is 266 g/mol. The number of hydrogen-bond donors (Lipinski definition) is 0. The molecule has 2 aliphatic heterocycles. The van der Waals surface area contributed by atoms with Gasteiger partial charge in [0.15, 0.2) is 5.69 Å². The van der Waals surface area contributed by atoms with E-state index >= 15 is 0 Å². The summed E-state index contributed by atoms with van der Waals surface area (Å²) in [5, 5.41) is 4.03. The maximum Gasteiger partial charge on any atom is 0.276 e. The van der Waals surface area contributed by atoms with Gasteiger partial charge < -0.3 is 14.3 Å². The van der Waals surface area contributed by atoms with Crippen LogP contribution in [0, 0.1) is 5.92 Å². The number of amides is 1. The van der Waals surface area contributed by atoms with E-state index in [0.717, 1.165) is 38.2 Å². The van der Waals surface area contributed by atoms with E-state index < -0.39 is 0 Å². The summed E-state index contributed by atoms with van der Waals surface area (Å²) in [7, 11) is 2.18. The number of likely N-dealkylation sites (tertiary alicyclic amines) is 2. The molecule has 0 aromatic carbocycles. The van der Waals surface area contributed by atoms with Gasteiger partial charge in [0, 0.05) is 31.1 Å². The van der Waals surface area contributed by atoms with E-state index in [1.54, 1.807) is 0 Å². The molecule has 3 fully saturated rings. The van der Waals surface area contributed by atoms with Crippen LogP contribution in [0.1, 0.15) is 54.3 Å². The Morgan fingerprint density at radius 3 is 2.95 bits per heavy atom. The molecule has 5 nitrogen and oxygen atoms in total. The number of aromatic nitrogens is 1. The van der Waals surface area contributed by atoms with Crippen molar-refractivity contribution in [3.63, 3.8) is 0 Å². The van der Waals surface area contributed by atoms with Crippen molar-refractivity contribution in [2.24, 2.45) is 5.92 Å². The predicted molar refractivity (Wildman–Crippen MR) is 78.1 cm³/mol. The Hall–Kier alpha value is -1.36. The highest BCUT2D eigenvalue weighted by atomic mass is 16.5. The lowest BCUT2D eigenvalue weighted by atomic mass is 9.84. The summed E-state index contributed by atoms with van der Waals surface area (Å²) in [6.45, 7) is 3.06. The van der Waals surface area contributed by atoms with Gasteiger partial charge in [-0.15, -0.1) is 0 Å². The van der Waals surface area contributed by atoms with Crippen LogP contribution in [0.2, 0.25) is 0 Å². The molecule has 2 saturated heterocycles. The van der Waals surface area contributed by atoms with Crippen LogP contribution in [0.4, 0.5) is 0 Å². The largest absolute Gasteiger partial charge is 0.360 e. The Morgan fingerprint density at radius 1 is 1.29 bits per heavy atom. The van der Waals surface area contributed by atoms with E-state index in [2.05, 4.69) is 22.0 Å². The van der Waals surface area contributed by atoms with Gasteiger partial charge in [-0.3, -0.25) is 4.79 Å². The predicted octanol–water partition coefficient (Wildman–Crippen LogP) is 2.11. The summed E-state index contributed by atoms with van der Waals surface area (Å²) in [5.41, 5.74) is 0.511. The van der Waals surface area contributed by atoms with E-state index in [1.165, 1.54) is 19.3 Å². The quantitative estimate of drug-likeness (QED) is 0.836. The zero-order valence-corrected chi connectivity index (χ0v) is 12.6. The van der Waals surface area contributed by atoms with Crippen molar-refractivity contribution in [3.8, 4) is 0 Å². The monoisotopic (exact) mass is 289 g/mol. The zero-order chi connectivity index (χ0) is 14.4. The summed E-state index contributed by atoms with van der Waals surface area (Å²) in [6, 6.07) is 2.27. The lowest BCUT2D eigenvalue weighted by Gasteiger charge is -2.46. The molecule has 3 heterocycles. The summed E-state index contributed by atoms with van der Waals surface area (Å²) in [5.74, 6) is 2.10. The van der Waals surface area contributed by atoms with Crippen LogP contribution < -0.4 is 0 Å². The number of hydrogen-bond acceptors (Lipinski definition) is 4. The third-order valence-electron chi connectivity index (χ3n) is 5.26. The number of fused-ring (bicyclic) bond motifs is 1. The average Bonchev–Trinajstić information content (AvgIpc) is 3.23. The Kier molecular flexibility index (Phi) is 3.25. The van der Waals surface area contributed by atoms with Crippen molar-refractivity contribution in [2.45, 2.75) is 44.1 Å². The highest BCUT2D eigenvalue weighted by molar-refractivity contribution is 5.92. The SMILES string of the molecule is CN1CC[C@H]2[C@H](CCCN2C(=O)c2cc(C3CC3)on2)C1. The van der Waals surface area contributed by atoms with Gasteiger partial charge in [0.05, 0.1) is 0 Å². The fourth-order valence-corrected chi connectivity index (χ4v) is 3.93. The molecule has 0 spiro atoms. The Labute approximate surface area is 125 Å². The molecule has 21 heavy (non-hydrogen) atoms.